The van der Waals surface area contributed by atoms with Gasteiger partial charge in [-0.2, -0.15) is 0 Å². The van der Waals surface area contributed by atoms with Gasteiger partial charge in [0.25, 0.3) is 8.32 Å². The first-order chi connectivity index (χ1) is 21.4. The number of imide groups is 1. The number of nitrogens with zero attached hydrogens (tertiary/aromatic N) is 1. The smallest absolute Gasteiger partial charge is 0.417 e. The zero-order valence-corrected chi connectivity index (χ0v) is 25.9. The van der Waals surface area contributed by atoms with Crippen molar-refractivity contribution in [2.24, 2.45) is 0 Å². The molecule has 0 radical (unpaired) electrons. The molecule has 1 aliphatic rings. The number of carbonyl (C=O) groups is 2. The van der Waals surface area contributed by atoms with E-state index in [2.05, 4.69) is 36.4 Å². The number of carbonyl (C=O) groups excluding carboxylic acids is 2. The highest BCUT2D eigenvalue weighted by molar-refractivity contribution is 7.07. The van der Waals surface area contributed by atoms with E-state index in [1.54, 1.807) is 0 Å². The molecule has 0 bridgehead atoms. The lowest BCUT2D eigenvalue weighted by Gasteiger charge is -2.40. The summed E-state index contributed by atoms with van der Waals surface area (Å²) in [4.78, 5) is 29.2. The van der Waals surface area contributed by atoms with Crippen LogP contribution in [-0.2, 0) is 14.0 Å². The van der Waals surface area contributed by atoms with Crippen LogP contribution < -0.4 is 15.6 Å². The summed E-state index contributed by atoms with van der Waals surface area (Å²) in [6.07, 6.45) is -1.38. The molecule has 1 aliphatic heterocycles. The highest BCUT2D eigenvalue weighted by atomic mass is 28.4. The Morgan fingerprint density at radius 3 is 1.43 bits per heavy atom. The Bertz CT molecular complexity index is 1600. The Morgan fingerprint density at radius 2 is 1.05 bits per heavy atom. The van der Waals surface area contributed by atoms with Gasteiger partial charge < -0.3 is 9.16 Å². The first-order valence-corrected chi connectivity index (χ1v) is 16.8. The fourth-order valence-corrected chi connectivity index (χ4v) is 10.2. The van der Waals surface area contributed by atoms with Crippen LogP contribution >= 0.6 is 0 Å². The van der Waals surface area contributed by atoms with Crippen molar-refractivity contribution in [3.05, 3.63) is 163 Å². The summed E-state index contributed by atoms with van der Waals surface area (Å²) in [5.41, 5.74) is 0.800. The molecular weight excluding hydrogens is 563 g/mol. The number of amides is 2. The largest absolute Gasteiger partial charge is 0.447 e. The molecule has 1 saturated heterocycles. The van der Waals surface area contributed by atoms with E-state index in [1.165, 1.54) is 4.90 Å². The monoisotopic (exact) mass is 597 g/mol. The maximum absolute atomic E-state index is 14.8. The van der Waals surface area contributed by atoms with E-state index in [1.807, 2.05) is 129 Å². The Kier molecular flexibility index (Phi) is 8.29. The standard InChI is InChI=1S/C38H35NO4Si/c1-38(2)28-42-37(41)39(38)36(40)34(29-18-8-3-9-19-29)35(30-20-10-4-11-21-30)43-44(31-22-12-5-13-23-31,32-24-14-6-15-25-32)33-26-16-7-17-27-33/h3-27,34-35H,28H2,1-2H3/t34-,35-/m1/s1. The fourth-order valence-electron chi connectivity index (χ4n) is 6.13. The zero-order valence-electron chi connectivity index (χ0n) is 24.9. The molecule has 0 aliphatic carbocycles. The van der Waals surface area contributed by atoms with Crippen molar-refractivity contribution < 1.29 is 18.8 Å². The third-order valence-corrected chi connectivity index (χ3v) is 12.3. The van der Waals surface area contributed by atoms with Gasteiger partial charge in [0, 0.05) is 0 Å². The maximum atomic E-state index is 14.8. The number of ether oxygens (including phenoxy) is 1. The molecule has 0 unspecified atom stereocenters. The minimum absolute atomic E-state index is 0.132. The lowest BCUT2D eigenvalue weighted by Crippen LogP contribution is -2.70. The van der Waals surface area contributed by atoms with Crippen LogP contribution in [0.25, 0.3) is 0 Å². The minimum Gasteiger partial charge on any atom is -0.447 e. The first kappa shape index (κ1) is 29.3. The molecule has 5 aromatic carbocycles. The van der Waals surface area contributed by atoms with Gasteiger partial charge in [0.15, 0.2) is 0 Å². The van der Waals surface area contributed by atoms with Gasteiger partial charge in [0.05, 0.1) is 17.6 Å². The van der Waals surface area contributed by atoms with Crippen LogP contribution in [0.3, 0.4) is 0 Å². The topological polar surface area (TPSA) is 55.8 Å². The molecule has 0 aromatic heterocycles. The van der Waals surface area contributed by atoms with Gasteiger partial charge in [0.2, 0.25) is 5.91 Å². The van der Waals surface area contributed by atoms with Crippen LogP contribution in [0.4, 0.5) is 4.79 Å². The predicted octanol–water partition coefficient (Wildman–Crippen LogP) is 5.95. The lowest BCUT2D eigenvalue weighted by atomic mass is 9.87. The van der Waals surface area contributed by atoms with E-state index < -0.39 is 32.0 Å². The van der Waals surface area contributed by atoms with E-state index in [0.717, 1.165) is 26.7 Å². The van der Waals surface area contributed by atoms with E-state index in [0.29, 0.717) is 0 Å². The average molecular weight is 598 g/mol. The Balaban J connectivity index is 1.63. The molecule has 2 amide bonds. The normalized spacial score (nSPS) is 15.8. The molecule has 2 atom stereocenters. The first-order valence-electron chi connectivity index (χ1n) is 14.9. The van der Waals surface area contributed by atoms with Gasteiger partial charge in [-0.25, -0.2) is 9.69 Å². The van der Waals surface area contributed by atoms with Crippen molar-refractivity contribution in [3.63, 3.8) is 0 Å². The second-order valence-corrected chi connectivity index (χ2v) is 15.0. The summed E-state index contributed by atoms with van der Waals surface area (Å²) in [5.74, 6) is -1.19. The van der Waals surface area contributed by atoms with Crippen molar-refractivity contribution in [3.8, 4) is 0 Å². The molecule has 1 fully saturated rings. The molecule has 0 saturated carbocycles. The summed E-state index contributed by atoms with van der Waals surface area (Å²) in [5, 5.41) is 3.16. The zero-order chi connectivity index (χ0) is 30.6. The Morgan fingerprint density at radius 1 is 0.659 bits per heavy atom. The highest BCUT2D eigenvalue weighted by Crippen LogP contribution is 2.40. The van der Waals surface area contributed by atoms with Crippen molar-refractivity contribution in [1.82, 2.24) is 4.90 Å². The quantitative estimate of drug-likeness (QED) is 0.156. The lowest BCUT2D eigenvalue weighted by molar-refractivity contribution is -0.135. The average Bonchev–Trinajstić information content (AvgIpc) is 3.36. The second kappa shape index (κ2) is 12.4. The Hall–Kier alpha value is -4.78. The molecule has 6 heteroatoms. The van der Waals surface area contributed by atoms with Gasteiger partial charge in [-0.15, -0.1) is 0 Å². The molecular formula is C38H35NO4Si. The molecule has 44 heavy (non-hydrogen) atoms. The van der Waals surface area contributed by atoms with E-state index in [4.69, 9.17) is 9.16 Å². The maximum Gasteiger partial charge on any atom is 0.417 e. The van der Waals surface area contributed by atoms with Crippen LogP contribution in [0.1, 0.15) is 37.0 Å². The minimum atomic E-state index is -3.29. The van der Waals surface area contributed by atoms with Crippen molar-refractivity contribution >= 4 is 35.9 Å². The van der Waals surface area contributed by atoms with Crippen LogP contribution in [0.2, 0.25) is 0 Å². The third kappa shape index (κ3) is 5.50. The van der Waals surface area contributed by atoms with Gasteiger partial charge >= 0.3 is 6.09 Å². The summed E-state index contributed by atoms with van der Waals surface area (Å²) < 4.78 is 13.1. The van der Waals surface area contributed by atoms with Gasteiger partial charge in [0.1, 0.15) is 6.61 Å². The second-order valence-electron chi connectivity index (χ2n) is 11.7. The summed E-state index contributed by atoms with van der Waals surface area (Å²) >= 11 is 0. The summed E-state index contributed by atoms with van der Waals surface area (Å²) in [6.45, 7) is 3.84. The number of hydrogen-bond donors (Lipinski definition) is 0. The van der Waals surface area contributed by atoms with Gasteiger partial charge in [-0.1, -0.05) is 152 Å². The molecule has 6 rings (SSSR count). The van der Waals surface area contributed by atoms with Crippen molar-refractivity contribution in [1.29, 1.82) is 0 Å². The number of cyclic esters (lactones) is 1. The molecule has 5 nitrogen and oxygen atoms in total. The molecule has 1 heterocycles. The van der Waals surface area contributed by atoms with Gasteiger partial charge in [-0.05, 0) is 40.5 Å². The highest BCUT2D eigenvalue weighted by Gasteiger charge is 2.51. The van der Waals surface area contributed by atoms with Crippen LogP contribution in [-0.4, -0.2) is 37.4 Å². The summed E-state index contributed by atoms with van der Waals surface area (Å²) in [6, 6.07) is 50.5. The third-order valence-electron chi connectivity index (χ3n) is 8.26. The van der Waals surface area contributed by atoms with Gasteiger partial charge in [-0.3, -0.25) is 4.79 Å². The molecule has 5 aromatic rings. The molecule has 0 spiro atoms. The Labute approximate surface area is 259 Å². The fraction of sp³-hybridized carbons (Fsp3) is 0.158. The number of benzene rings is 5. The number of rotatable bonds is 9. The van der Waals surface area contributed by atoms with Crippen LogP contribution in [0, 0.1) is 0 Å². The molecule has 0 N–H and O–H groups in total. The van der Waals surface area contributed by atoms with E-state index in [-0.39, 0.29) is 12.5 Å². The van der Waals surface area contributed by atoms with Crippen molar-refractivity contribution in [2.45, 2.75) is 31.4 Å². The van der Waals surface area contributed by atoms with Crippen LogP contribution in [0.15, 0.2) is 152 Å². The molecule has 220 valence electrons. The SMILES string of the molecule is CC1(C)COC(=O)N1C(=O)[C@H](c1ccccc1)[C@H](O[Si](c1ccccc1)(c1ccccc1)c1ccccc1)c1ccccc1. The van der Waals surface area contributed by atoms with E-state index in [9.17, 15) is 9.59 Å². The predicted molar refractivity (Wildman–Crippen MR) is 176 cm³/mol. The van der Waals surface area contributed by atoms with Crippen molar-refractivity contribution in [2.75, 3.05) is 6.61 Å². The summed E-state index contributed by atoms with van der Waals surface area (Å²) in [7, 11) is -3.29. The van der Waals surface area contributed by atoms with E-state index >= 15 is 0 Å². The number of hydrogen-bond acceptors (Lipinski definition) is 4. The van der Waals surface area contributed by atoms with Crippen LogP contribution in [0.5, 0.6) is 0 Å².